The molecule has 2 aliphatic heterocycles. The fourth-order valence-electron chi connectivity index (χ4n) is 3.68. The summed E-state index contributed by atoms with van der Waals surface area (Å²) in [6.45, 7) is 12.5. The summed E-state index contributed by atoms with van der Waals surface area (Å²) in [7, 11) is 2.11. The van der Waals surface area contributed by atoms with Crippen molar-refractivity contribution in [3.8, 4) is 0 Å². The van der Waals surface area contributed by atoms with Crippen molar-refractivity contribution in [2.24, 2.45) is 11.8 Å². The lowest BCUT2D eigenvalue weighted by molar-refractivity contribution is 0.104. The van der Waals surface area contributed by atoms with Gasteiger partial charge in [-0.3, -0.25) is 0 Å². The van der Waals surface area contributed by atoms with E-state index in [9.17, 15) is 0 Å². The SMILES string of the molecule is CCN1CCC(CN2CCC(NC)C(C)C2)CC1. The van der Waals surface area contributed by atoms with Gasteiger partial charge in [-0.1, -0.05) is 13.8 Å². The van der Waals surface area contributed by atoms with Gasteiger partial charge in [0.2, 0.25) is 0 Å². The molecule has 2 saturated heterocycles. The van der Waals surface area contributed by atoms with Crippen LogP contribution in [0.2, 0.25) is 0 Å². The first-order valence-electron chi connectivity index (χ1n) is 7.85. The molecule has 106 valence electrons. The normalized spacial score (nSPS) is 32.8. The van der Waals surface area contributed by atoms with Crippen molar-refractivity contribution in [3.63, 3.8) is 0 Å². The maximum Gasteiger partial charge on any atom is 0.0114 e. The topological polar surface area (TPSA) is 18.5 Å². The van der Waals surface area contributed by atoms with E-state index in [0.29, 0.717) is 0 Å². The van der Waals surface area contributed by atoms with Gasteiger partial charge < -0.3 is 15.1 Å². The fraction of sp³-hybridized carbons (Fsp3) is 1.00. The van der Waals surface area contributed by atoms with Crippen LogP contribution >= 0.6 is 0 Å². The fourth-order valence-corrected chi connectivity index (χ4v) is 3.68. The van der Waals surface area contributed by atoms with Crippen LogP contribution in [0.4, 0.5) is 0 Å². The molecule has 0 spiro atoms. The molecular formula is C15H31N3. The largest absolute Gasteiger partial charge is 0.317 e. The first kappa shape index (κ1) is 14.3. The average Bonchev–Trinajstić information content (AvgIpc) is 2.40. The van der Waals surface area contributed by atoms with E-state index in [4.69, 9.17) is 0 Å². The molecule has 18 heavy (non-hydrogen) atoms. The van der Waals surface area contributed by atoms with Crippen molar-refractivity contribution in [1.29, 1.82) is 0 Å². The van der Waals surface area contributed by atoms with E-state index in [1.54, 1.807) is 0 Å². The van der Waals surface area contributed by atoms with Crippen LogP contribution in [0.5, 0.6) is 0 Å². The van der Waals surface area contributed by atoms with Crippen LogP contribution in [0, 0.1) is 11.8 Å². The zero-order valence-corrected chi connectivity index (χ0v) is 12.5. The third kappa shape index (κ3) is 3.69. The van der Waals surface area contributed by atoms with E-state index in [2.05, 4.69) is 36.0 Å². The highest BCUT2D eigenvalue weighted by Gasteiger charge is 2.27. The highest BCUT2D eigenvalue weighted by molar-refractivity contribution is 4.83. The zero-order valence-electron chi connectivity index (χ0n) is 12.5. The lowest BCUT2D eigenvalue weighted by Gasteiger charge is -2.40. The molecule has 2 unspecified atom stereocenters. The van der Waals surface area contributed by atoms with Gasteiger partial charge in [-0.15, -0.1) is 0 Å². The molecular weight excluding hydrogens is 222 g/mol. The number of likely N-dealkylation sites (tertiary alicyclic amines) is 2. The summed E-state index contributed by atoms with van der Waals surface area (Å²) in [5.74, 6) is 1.76. The molecule has 0 aliphatic carbocycles. The van der Waals surface area contributed by atoms with E-state index in [1.165, 1.54) is 58.5 Å². The smallest absolute Gasteiger partial charge is 0.0114 e. The Hall–Kier alpha value is -0.120. The third-order valence-corrected chi connectivity index (χ3v) is 5.03. The molecule has 0 amide bonds. The zero-order chi connectivity index (χ0) is 13.0. The van der Waals surface area contributed by atoms with E-state index < -0.39 is 0 Å². The van der Waals surface area contributed by atoms with Gasteiger partial charge in [0.1, 0.15) is 0 Å². The Kier molecular flexibility index (Phi) is 5.46. The Morgan fingerprint density at radius 1 is 1.06 bits per heavy atom. The molecule has 0 aromatic rings. The van der Waals surface area contributed by atoms with Crippen molar-refractivity contribution in [1.82, 2.24) is 15.1 Å². The monoisotopic (exact) mass is 253 g/mol. The second-order valence-corrected chi connectivity index (χ2v) is 6.30. The van der Waals surface area contributed by atoms with Crippen LogP contribution < -0.4 is 5.32 Å². The number of nitrogens with zero attached hydrogens (tertiary/aromatic N) is 2. The molecule has 2 heterocycles. The number of hydrogen-bond donors (Lipinski definition) is 1. The lowest BCUT2D eigenvalue weighted by atomic mass is 9.91. The second-order valence-electron chi connectivity index (χ2n) is 6.30. The lowest BCUT2D eigenvalue weighted by Crippen LogP contribution is -2.49. The summed E-state index contributed by atoms with van der Waals surface area (Å²) in [4.78, 5) is 5.30. The number of hydrogen-bond acceptors (Lipinski definition) is 3. The summed E-state index contributed by atoms with van der Waals surface area (Å²) < 4.78 is 0. The van der Waals surface area contributed by atoms with Gasteiger partial charge in [0.15, 0.2) is 0 Å². The van der Waals surface area contributed by atoms with Crippen LogP contribution in [-0.4, -0.2) is 62.2 Å². The molecule has 3 heteroatoms. The molecule has 0 bridgehead atoms. The van der Waals surface area contributed by atoms with Crippen LogP contribution in [0.25, 0.3) is 0 Å². The first-order chi connectivity index (χ1) is 8.72. The second kappa shape index (κ2) is 6.88. The van der Waals surface area contributed by atoms with Crippen LogP contribution in [0.3, 0.4) is 0 Å². The molecule has 0 aromatic heterocycles. The molecule has 2 aliphatic rings. The summed E-state index contributed by atoms with van der Waals surface area (Å²) in [5, 5.41) is 3.46. The van der Waals surface area contributed by atoms with Gasteiger partial charge in [-0.2, -0.15) is 0 Å². The van der Waals surface area contributed by atoms with E-state index in [1.807, 2.05) is 0 Å². The van der Waals surface area contributed by atoms with Crippen LogP contribution in [0.15, 0.2) is 0 Å². The maximum absolute atomic E-state index is 3.46. The Bertz CT molecular complexity index is 236. The molecule has 2 atom stereocenters. The van der Waals surface area contributed by atoms with E-state index in [-0.39, 0.29) is 0 Å². The average molecular weight is 253 g/mol. The predicted octanol–water partition coefficient (Wildman–Crippen LogP) is 1.65. The van der Waals surface area contributed by atoms with Gasteiger partial charge in [0, 0.05) is 19.1 Å². The quantitative estimate of drug-likeness (QED) is 0.822. The maximum atomic E-state index is 3.46. The van der Waals surface area contributed by atoms with Crippen LogP contribution in [-0.2, 0) is 0 Å². The molecule has 0 saturated carbocycles. The summed E-state index contributed by atoms with van der Waals surface area (Å²) in [6, 6.07) is 0.739. The molecule has 0 aromatic carbocycles. The number of rotatable bonds is 4. The minimum absolute atomic E-state index is 0.739. The van der Waals surface area contributed by atoms with Crippen molar-refractivity contribution in [2.75, 3.05) is 46.3 Å². The summed E-state index contributed by atoms with van der Waals surface area (Å²) in [6.07, 6.45) is 4.15. The minimum Gasteiger partial charge on any atom is -0.317 e. The highest BCUT2D eigenvalue weighted by Crippen LogP contribution is 2.22. The van der Waals surface area contributed by atoms with Crippen molar-refractivity contribution in [3.05, 3.63) is 0 Å². The highest BCUT2D eigenvalue weighted by atomic mass is 15.2. The van der Waals surface area contributed by atoms with E-state index >= 15 is 0 Å². The number of piperidine rings is 2. The van der Waals surface area contributed by atoms with Crippen molar-refractivity contribution < 1.29 is 0 Å². The first-order valence-corrected chi connectivity index (χ1v) is 7.85. The standard InChI is InChI=1S/C15H31N3/c1-4-17-8-5-14(6-9-17)12-18-10-7-15(16-3)13(2)11-18/h13-16H,4-12H2,1-3H3. The molecule has 0 radical (unpaired) electrons. The van der Waals surface area contributed by atoms with E-state index in [0.717, 1.165) is 17.9 Å². The Labute approximate surface area is 113 Å². The number of nitrogens with one attached hydrogen (secondary N) is 1. The third-order valence-electron chi connectivity index (χ3n) is 5.03. The summed E-state index contributed by atoms with van der Waals surface area (Å²) >= 11 is 0. The van der Waals surface area contributed by atoms with Crippen molar-refractivity contribution >= 4 is 0 Å². The Morgan fingerprint density at radius 2 is 1.72 bits per heavy atom. The minimum atomic E-state index is 0.739. The molecule has 1 N–H and O–H groups in total. The predicted molar refractivity (Wildman–Crippen MR) is 77.9 cm³/mol. The molecule has 2 rings (SSSR count). The van der Waals surface area contributed by atoms with Gasteiger partial charge in [0.25, 0.3) is 0 Å². The Morgan fingerprint density at radius 3 is 2.28 bits per heavy atom. The summed E-state index contributed by atoms with van der Waals surface area (Å²) in [5.41, 5.74) is 0. The van der Waals surface area contributed by atoms with Crippen molar-refractivity contribution in [2.45, 2.75) is 39.2 Å². The molecule has 2 fully saturated rings. The molecule has 3 nitrogen and oxygen atoms in total. The van der Waals surface area contributed by atoms with Crippen LogP contribution in [0.1, 0.15) is 33.1 Å². The van der Waals surface area contributed by atoms with Gasteiger partial charge in [-0.25, -0.2) is 0 Å². The van der Waals surface area contributed by atoms with Gasteiger partial charge in [0.05, 0.1) is 0 Å². The Balaban J connectivity index is 1.71. The van der Waals surface area contributed by atoms with Gasteiger partial charge >= 0.3 is 0 Å². The van der Waals surface area contributed by atoms with Gasteiger partial charge in [-0.05, 0) is 64.3 Å².